The molecule has 0 fully saturated rings. The van der Waals surface area contributed by atoms with Crippen LogP contribution in [0.25, 0.3) is 0 Å². The summed E-state index contributed by atoms with van der Waals surface area (Å²) in [6, 6.07) is 11.5. The molecule has 0 aliphatic rings. The molecule has 0 saturated heterocycles. The number of nitrogens with one attached hydrogen (secondary N) is 1. The molecule has 4 nitrogen and oxygen atoms in total. The Labute approximate surface area is 107 Å². The van der Waals surface area contributed by atoms with Gasteiger partial charge in [0, 0.05) is 0 Å². The van der Waals surface area contributed by atoms with Crippen molar-refractivity contribution in [2.75, 3.05) is 6.61 Å². The van der Waals surface area contributed by atoms with E-state index in [0.29, 0.717) is 6.61 Å². The topological polar surface area (TPSA) is 60.4 Å². The van der Waals surface area contributed by atoms with Crippen LogP contribution in [0.1, 0.15) is 30.0 Å². The third-order valence-electron chi connectivity index (χ3n) is 2.74. The predicted octanol–water partition coefficient (Wildman–Crippen LogP) is 2.54. The van der Waals surface area contributed by atoms with E-state index >= 15 is 0 Å². The van der Waals surface area contributed by atoms with E-state index in [-0.39, 0.29) is 6.04 Å². The fraction of sp³-hybridized carbons (Fsp3) is 0.286. The van der Waals surface area contributed by atoms with E-state index < -0.39 is 0 Å². The minimum Gasteiger partial charge on any atom is -0.494 e. The summed E-state index contributed by atoms with van der Waals surface area (Å²) in [5.74, 6) is 8.13. The average molecular weight is 246 g/mol. The van der Waals surface area contributed by atoms with Crippen molar-refractivity contribution in [3.8, 4) is 5.75 Å². The van der Waals surface area contributed by atoms with E-state index in [2.05, 4.69) is 5.43 Å². The highest BCUT2D eigenvalue weighted by Crippen LogP contribution is 2.24. The fourth-order valence-electron chi connectivity index (χ4n) is 1.87. The van der Waals surface area contributed by atoms with Crippen molar-refractivity contribution in [1.29, 1.82) is 0 Å². The van der Waals surface area contributed by atoms with Crippen LogP contribution in [0.4, 0.5) is 0 Å². The van der Waals surface area contributed by atoms with E-state index in [1.807, 2.05) is 50.2 Å². The number of furan rings is 1. The van der Waals surface area contributed by atoms with Gasteiger partial charge < -0.3 is 9.15 Å². The largest absolute Gasteiger partial charge is 0.494 e. The zero-order valence-corrected chi connectivity index (χ0v) is 10.6. The quantitative estimate of drug-likeness (QED) is 0.628. The Balaban J connectivity index is 2.22. The van der Waals surface area contributed by atoms with E-state index in [1.54, 1.807) is 0 Å². The van der Waals surface area contributed by atoms with E-state index in [0.717, 1.165) is 22.8 Å². The predicted molar refractivity (Wildman–Crippen MR) is 70.2 cm³/mol. The summed E-state index contributed by atoms with van der Waals surface area (Å²) in [5, 5.41) is 0. The zero-order chi connectivity index (χ0) is 13.0. The van der Waals surface area contributed by atoms with Gasteiger partial charge in [-0.25, -0.2) is 5.43 Å². The molecule has 2 rings (SSSR count). The molecular weight excluding hydrogens is 228 g/mol. The van der Waals surface area contributed by atoms with Crippen LogP contribution in [-0.4, -0.2) is 6.61 Å². The highest BCUT2D eigenvalue weighted by molar-refractivity contribution is 5.32. The molecule has 3 N–H and O–H groups in total. The highest BCUT2D eigenvalue weighted by atomic mass is 16.5. The molecular formula is C14H18N2O2. The van der Waals surface area contributed by atoms with Crippen molar-refractivity contribution in [3.05, 3.63) is 53.5 Å². The van der Waals surface area contributed by atoms with Gasteiger partial charge >= 0.3 is 0 Å². The van der Waals surface area contributed by atoms with Gasteiger partial charge in [0.05, 0.1) is 6.61 Å². The van der Waals surface area contributed by atoms with Crippen molar-refractivity contribution in [3.63, 3.8) is 0 Å². The number of hydrogen-bond donors (Lipinski definition) is 2. The van der Waals surface area contributed by atoms with Gasteiger partial charge in [0.2, 0.25) is 0 Å². The molecule has 96 valence electrons. The van der Waals surface area contributed by atoms with E-state index in [9.17, 15) is 0 Å². The lowest BCUT2D eigenvalue weighted by molar-refractivity contribution is 0.340. The number of nitrogens with two attached hydrogens (primary N) is 1. The van der Waals surface area contributed by atoms with Crippen LogP contribution in [-0.2, 0) is 0 Å². The Morgan fingerprint density at radius 3 is 2.44 bits per heavy atom. The Hall–Kier alpha value is -1.78. The van der Waals surface area contributed by atoms with Gasteiger partial charge in [0.25, 0.3) is 0 Å². The molecule has 0 aliphatic carbocycles. The average Bonchev–Trinajstić information content (AvgIpc) is 2.79. The van der Waals surface area contributed by atoms with Crippen LogP contribution >= 0.6 is 0 Å². The van der Waals surface area contributed by atoms with Gasteiger partial charge in [0.1, 0.15) is 23.3 Å². The fourth-order valence-corrected chi connectivity index (χ4v) is 1.87. The number of benzene rings is 1. The van der Waals surface area contributed by atoms with Gasteiger partial charge in [-0.1, -0.05) is 12.1 Å². The maximum atomic E-state index is 5.60. The van der Waals surface area contributed by atoms with E-state index in [1.165, 1.54) is 0 Å². The van der Waals surface area contributed by atoms with Gasteiger partial charge in [0.15, 0.2) is 0 Å². The Morgan fingerprint density at radius 1 is 1.22 bits per heavy atom. The lowest BCUT2D eigenvalue weighted by Gasteiger charge is -2.14. The second-order valence-electron chi connectivity index (χ2n) is 4.05. The molecule has 4 heteroatoms. The van der Waals surface area contributed by atoms with Crippen molar-refractivity contribution < 1.29 is 9.15 Å². The lowest BCUT2D eigenvalue weighted by Crippen LogP contribution is -2.28. The number of ether oxygens (including phenoxy) is 1. The summed E-state index contributed by atoms with van der Waals surface area (Å²) in [6.07, 6.45) is 0. The minimum atomic E-state index is -0.144. The van der Waals surface area contributed by atoms with Gasteiger partial charge in [-0.15, -0.1) is 0 Å². The monoisotopic (exact) mass is 246 g/mol. The first-order valence-corrected chi connectivity index (χ1v) is 5.99. The summed E-state index contributed by atoms with van der Waals surface area (Å²) in [7, 11) is 0. The molecule has 1 atom stereocenters. The SMILES string of the molecule is CCOc1ccc(C(NN)c2ccc(C)o2)cc1. The van der Waals surface area contributed by atoms with Crippen LogP contribution in [0.5, 0.6) is 5.75 Å². The molecule has 1 aromatic carbocycles. The third-order valence-corrected chi connectivity index (χ3v) is 2.74. The normalized spacial score (nSPS) is 12.4. The molecule has 0 spiro atoms. The molecule has 1 heterocycles. The maximum absolute atomic E-state index is 5.60. The van der Waals surface area contributed by atoms with Crippen LogP contribution in [0, 0.1) is 6.92 Å². The Morgan fingerprint density at radius 2 is 1.94 bits per heavy atom. The van der Waals surface area contributed by atoms with Crippen LogP contribution < -0.4 is 16.0 Å². The third kappa shape index (κ3) is 2.72. The first kappa shape index (κ1) is 12.7. The van der Waals surface area contributed by atoms with Crippen molar-refractivity contribution in [2.45, 2.75) is 19.9 Å². The van der Waals surface area contributed by atoms with Crippen LogP contribution in [0.15, 0.2) is 40.8 Å². The van der Waals surface area contributed by atoms with Crippen LogP contribution in [0.3, 0.4) is 0 Å². The first-order valence-electron chi connectivity index (χ1n) is 5.99. The second-order valence-corrected chi connectivity index (χ2v) is 4.05. The number of aryl methyl sites for hydroxylation is 1. The number of hydrazine groups is 1. The molecule has 0 radical (unpaired) electrons. The van der Waals surface area contributed by atoms with Crippen molar-refractivity contribution in [1.82, 2.24) is 5.43 Å². The summed E-state index contributed by atoms with van der Waals surface area (Å²) >= 11 is 0. The Bertz CT molecular complexity index is 491. The van der Waals surface area contributed by atoms with Gasteiger partial charge in [-0.05, 0) is 43.7 Å². The van der Waals surface area contributed by atoms with E-state index in [4.69, 9.17) is 15.0 Å². The molecule has 2 aromatic rings. The lowest BCUT2D eigenvalue weighted by atomic mass is 10.1. The summed E-state index contributed by atoms with van der Waals surface area (Å²) in [5.41, 5.74) is 3.80. The molecule has 0 bridgehead atoms. The second kappa shape index (κ2) is 5.71. The summed E-state index contributed by atoms with van der Waals surface area (Å²) < 4.78 is 11.0. The van der Waals surface area contributed by atoms with Crippen molar-refractivity contribution >= 4 is 0 Å². The molecule has 0 amide bonds. The summed E-state index contributed by atoms with van der Waals surface area (Å²) in [4.78, 5) is 0. The molecule has 0 aliphatic heterocycles. The van der Waals surface area contributed by atoms with Crippen LogP contribution in [0.2, 0.25) is 0 Å². The molecule has 0 saturated carbocycles. The van der Waals surface area contributed by atoms with Crippen molar-refractivity contribution in [2.24, 2.45) is 5.84 Å². The zero-order valence-electron chi connectivity index (χ0n) is 10.6. The molecule has 18 heavy (non-hydrogen) atoms. The molecule has 1 unspecified atom stereocenters. The number of rotatable bonds is 5. The molecule has 1 aromatic heterocycles. The van der Waals surface area contributed by atoms with Gasteiger partial charge in [-0.2, -0.15) is 0 Å². The summed E-state index contributed by atoms with van der Waals surface area (Å²) in [6.45, 7) is 4.54. The first-order chi connectivity index (χ1) is 8.74. The highest BCUT2D eigenvalue weighted by Gasteiger charge is 2.15. The smallest absolute Gasteiger partial charge is 0.126 e. The number of hydrogen-bond acceptors (Lipinski definition) is 4. The standard InChI is InChI=1S/C14H18N2O2/c1-3-17-12-7-5-11(6-8-12)14(16-15)13-9-4-10(2)18-13/h4-9,14,16H,3,15H2,1-2H3. The maximum Gasteiger partial charge on any atom is 0.126 e. The Kier molecular flexibility index (Phi) is 4.02. The minimum absolute atomic E-state index is 0.144. The van der Waals surface area contributed by atoms with Gasteiger partial charge in [-0.3, -0.25) is 5.84 Å².